The van der Waals surface area contributed by atoms with Crippen LogP contribution in [-0.2, 0) is 4.79 Å². The van der Waals surface area contributed by atoms with E-state index < -0.39 is 0 Å². The zero-order valence-electron chi connectivity index (χ0n) is 8.18. The van der Waals surface area contributed by atoms with Crippen LogP contribution in [0, 0.1) is 11.8 Å². The van der Waals surface area contributed by atoms with Gasteiger partial charge in [-0.1, -0.05) is 6.92 Å². The monoisotopic (exact) mass is 182 g/mol. The van der Waals surface area contributed by atoms with Crippen LogP contribution in [0.4, 0.5) is 0 Å². The number of amides is 1. The Bertz CT molecular complexity index is 201. The fourth-order valence-electron chi connectivity index (χ4n) is 1.94. The first-order valence-corrected chi connectivity index (χ1v) is 5.28. The second-order valence-corrected chi connectivity index (χ2v) is 4.36. The Hall–Kier alpha value is -0.570. The molecule has 2 N–H and O–H groups in total. The molecule has 2 atom stereocenters. The van der Waals surface area contributed by atoms with E-state index in [1.54, 1.807) is 0 Å². The quantitative estimate of drug-likeness (QED) is 0.653. The molecule has 2 aliphatic rings. The molecule has 1 aliphatic heterocycles. The van der Waals surface area contributed by atoms with E-state index in [0.717, 1.165) is 19.5 Å². The predicted octanol–water partition coefficient (Wildman–Crippen LogP) is 0.511. The van der Waals surface area contributed by atoms with Crippen molar-refractivity contribution in [3.8, 4) is 0 Å². The fraction of sp³-hybridized carbons (Fsp3) is 0.900. The molecule has 1 aliphatic carbocycles. The zero-order valence-corrected chi connectivity index (χ0v) is 8.18. The van der Waals surface area contributed by atoms with Gasteiger partial charge in [0.25, 0.3) is 0 Å². The lowest BCUT2D eigenvalue weighted by Crippen LogP contribution is -2.43. The fourth-order valence-corrected chi connectivity index (χ4v) is 1.94. The minimum atomic E-state index is 0.252. The van der Waals surface area contributed by atoms with Crippen LogP contribution in [0.15, 0.2) is 0 Å². The summed E-state index contributed by atoms with van der Waals surface area (Å²) >= 11 is 0. The highest BCUT2D eigenvalue weighted by Crippen LogP contribution is 2.23. The Morgan fingerprint density at radius 1 is 1.38 bits per heavy atom. The summed E-state index contributed by atoms with van der Waals surface area (Å²) in [7, 11) is 0. The summed E-state index contributed by atoms with van der Waals surface area (Å²) < 4.78 is 0. The third-order valence-corrected chi connectivity index (χ3v) is 3.05. The van der Waals surface area contributed by atoms with Gasteiger partial charge in [0, 0.05) is 12.0 Å². The average molecular weight is 182 g/mol. The third kappa shape index (κ3) is 2.21. The maximum Gasteiger partial charge on any atom is 0.223 e. The van der Waals surface area contributed by atoms with Gasteiger partial charge in [-0.05, 0) is 38.3 Å². The van der Waals surface area contributed by atoms with Crippen LogP contribution in [0.3, 0.4) is 0 Å². The predicted molar refractivity (Wildman–Crippen MR) is 51.3 cm³/mol. The molecule has 0 bridgehead atoms. The van der Waals surface area contributed by atoms with Gasteiger partial charge in [0.15, 0.2) is 0 Å². The number of hydrogen-bond acceptors (Lipinski definition) is 2. The summed E-state index contributed by atoms with van der Waals surface area (Å²) in [4.78, 5) is 11.7. The van der Waals surface area contributed by atoms with Gasteiger partial charge < -0.3 is 10.6 Å². The second-order valence-electron chi connectivity index (χ2n) is 4.36. The molecule has 0 aromatic heterocycles. The van der Waals surface area contributed by atoms with Crippen molar-refractivity contribution < 1.29 is 4.79 Å². The van der Waals surface area contributed by atoms with Crippen LogP contribution in [0.1, 0.15) is 26.2 Å². The zero-order chi connectivity index (χ0) is 9.26. The minimum absolute atomic E-state index is 0.252. The highest BCUT2D eigenvalue weighted by Gasteiger charge is 2.31. The lowest BCUT2D eigenvalue weighted by molar-refractivity contribution is -0.127. The Labute approximate surface area is 79.3 Å². The molecule has 13 heavy (non-hydrogen) atoms. The largest absolute Gasteiger partial charge is 0.353 e. The summed E-state index contributed by atoms with van der Waals surface area (Å²) in [6, 6.07) is 0.509. The summed E-state index contributed by atoms with van der Waals surface area (Å²) in [5, 5.41) is 6.40. The van der Waals surface area contributed by atoms with Gasteiger partial charge >= 0.3 is 0 Å². The van der Waals surface area contributed by atoms with E-state index in [9.17, 15) is 4.79 Å². The number of nitrogens with one attached hydrogen (secondary N) is 2. The number of hydrogen-bond donors (Lipinski definition) is 2. The molecule has 3 heteroatoms. The molecular formula is C10H18N2O. The van der Waals surface area contributed by atoms with E-state index in [4.69, 9.17) is 0 Å². The van der Waals surface area contributed by atoms with Crippen molar-refractivity contribution >= 4 is 5.91 Å². The number of carbonyl (C=O) groups is 1. The minimum Gasteiger partial charge on any atom is -0.353 e. The van der Waals surface area contributed by atoms with Gasteiger partial charge in [0.05, 0.1) is 0 Å². The van der Waals surface area contributed by atoms with Crippen LogP contribution in [0.2, 0.25) is 0 Å². The normalized spacial score (nSPS) is 34.2. The van der Waals surface area contributed by atoms with E-state index in [0.29, 0.717) is 12.0 Å². The van der Waals surface area contributed by atoms with E-state index in [2.05, 4.69) is 17.6 Å². The van der Waals surface area contributed by atoms with E-state index in [1.165, 1.54) is 12.8 Å². The van der Waals surface area contributed by atoms with Crippen LogP contribution in [-0.4, -0.2) is 25.0 Å². The maximum atomic E-state index is 11.7. The number of piperidine rings is 1. The van der Waals surface area contributed by atoms with E-state index >= 15 is 0 Å². The van der Waals surface area contributed by atoms with Gasteiger partial charge in [-0.2, -0.15) is 0 Å². The van der Waals surface area contributed by atoms with E-state index in [1.807, 2.05) is 0 Å². The first-order valence-electron chi connectivity index (χ1n) is 5.28. The first-order chi connectivity index (χ1) is 6.27. The average Bonchev–Trinajstić information content (AvgIpc) is 2.89. The molecule has 2 unspecified atom stereocenters. The molecule has 3 nitrogen and oxygen atoms in total. The third-order valence-electron chi connectivity index (χ3n) is 3.05. The van der Waals surface area contributed by atoms with Crippen molar-refractivity contribution in [3.63, 3.8) is 0 Å². The highest BCUT2D eigenvalue weighted by atomic mass is 16.2. The Balaban J connectivity index is 1.85. The summed E-state index contributed by atoms with van der Waals surface area (Å²) in [5.74, 6) is 1.03. The summed E-state index contributed by atoms with van der Waals surface area (Å²) in [6.07, 6.45) is 3.37. The molecule has 1 saturated heterocycles. The SMILES string of the molecule is CC1CNCCC1C(=O)NC1CC1. The van der Waals surface area contributed by atoms with Crippen LogP contribution < -0.4 is 10.6 Å². The topological polar surface area (TPSA) is 41.1 Å². The van der Waals surface area contributed by atoms with Gasteiger partial charge in [-0.3, -0.25) is 4.79 Å². The molecule has 0 radical (unpaired) electrons. The molecule has 74 valence electrons. The van der Waals surface area contributed by atoms with Gasteiger partial charge in [0.2, 0.25) is 5.91 Å². The Morgan fingerprint density at radius 3 is 2.77 bits per heavy atom. The van der Waals surface area contributed by atoms with Crippen molar-refractivity contribution in [1.82, 2.24) is 10.6 Å². The van der Waals surface area contributed by atoms with Crippen molar-refractivity contribution in [2.45, 2.75) is 32.2 Å². The smallest absolute Gasteiger partial charge is 0.223 e. The molecule has 1 saturated carbocycles. The van der Waals surface area contributed by atoms with Gasteiger partial charge in [-0.15, -0.1) is 0 Å². The molecule has 2 fully saturated rings. The molecule has 0 aromatic rings. The van der Waals surface area contributed by atoms with Crippen molar-refractivity contribution in [2.24, 2.45) is 11.8 Å². The molecular weight excluding hydrogens is 164 g/mol. The van der Waals surface area contributed by atoms with Gasteiger partial charge in [-0.25, -0.2) is 0 Å². The molecule has 1 heterocycles. The van der Waals surface area contributed by atoms with Gasteiger partial charge in [0.1, 0.15) is 0 Å². The maximum absolute atomic E-state index is 11.7. The van der Waals surface area contributed by atoms with Crippen molar-refractivity contribution in [2.75, 3.05) is 13.1 Å². The Morgan fingerprint density at radius 2 is 2.15 bits per heavy atom. The molecule has 0 spiro atoms. The second kappa shape index (κ2) is 3.66. The summed E-state index contributed by atoms with van der Waals surface area (Å²) in [5.41, 5.74) is 0. The lowest BCUT2D eigenvalue weighted by atomic mass is 9.87. The summed E-state index contributed by atoms with van der Waals surface area (Å²) in [6.45, 7) is 4.14. The van der Waals surface area contributed by atoms with Crippen molar-refractivity contribution in [1.29, 1.82) is 0 Å². The lowest BCUT2D eigenvalue weighted by Gasteiger charge is -2.28. The van der Waals surface area contributed by atoms with Crippen LogP contribution >= 0.6 is 0 Å². The molecule has 1 amide bonds. The molecule has 2 rings (SSSR count). The Kier molecular flexibility index (Phi) is 2.54. The highest BCUT2D eigenvalue weighted by molar-refractivity contribution is 5.79. The van der Waals surface area contributed by atoms with Crippen LogP contribution in [0.25, 0.3) is 0 Å². The number of carbonyl (C=O) groups excluding carboxylic acids is 1. The number of rotatable bonds is 2. The van der Waals surface area contributed by atoms with Crippen LogP contribution in [0.5, 0.6) is 0 Å². The van der Waals surface area contributed by atoms with E-state index in [-0.39, 0.29) is 11.8 Å². The van der Waals surface area contributed by atoms with Crippen molar-refractivity contribution in [3.05, 3.63) is 0 Å². The molecule has 0 aromatic carbocycles. The standard InChI is InChI=1S/C10H18N2O/c1-7-6-11-5-4-9(7)10(13)12-8-2-3-8/h7-9,11H,2-6H2,1H3,(H,12,13). The first kappa shape index (κ1) is 9.00.